The molecule has 0 aromatic carbocycles. The first-order chi connectivity index (χ1) is 33.3. The minimum absolute atomic E-state index is 0.00516. The van der Waals surface area contributed by atoms with Crippen LogP contribution in [-0.2, 0) is 47.9 Å². The molecule has 8 atom stereocenters. The second-order valence-corrected chi connectivity index (χ2v) is 18.4. The van der Waals surface area contributed by atoms with Crippen molar-refractivity contribution < 1.29 is 63.3 Å². The largest absolute Gasteiger partial charge is 0.481 e. The number of nitrogens with one attached hydrogen (secondary N) is 8. The maximum Gasteiger partial charge on any atom is 0.326 e. The average molecular weight is 1020 g/mol. The van der Waals surface area contributed by atoms with Crippen LogP contribution in [0, 0.1) is 17.8 Å². The normalized spacial score (nSPS) is 14.5. The quantitative estimate of drug-likeness (QED) is 0.0158. The van der Waals surface area contributed by atoms with E-state index in [2.05, 4.69) is 47.5 Å². The van der Waals surface area contributed by atoms with Crippen molar-refractivity contribution in [3.63, 3.8) is 0 Å². The third kappa shape index (κ3) is 27.7. The fourth-order valence-electron chi connectivity index (χ4n) is 6.83. The topological polar surface area (TPSA) is 470 Å². The molecule has 21 N–H and O–H groups in total. The molecular weight excluding hydrogens is 933 g/mol. The molecule has 0 heterocycles. The van der Waals surface area contributed by atoms with Crippen LogP contribution in [0.15, 0.2) is 4.99 Å². The van der Waals surface area contributed by atoms with Gasteiger partial charge in [0.2, 0.25) is 47.3 Å². The summed E-state index contributed by atoms with van der Waals surface area (Å²) in [6, 6.07) is -10.8. The Morgan fingerprint density at radius 1 is 0.521 bits per heavy atom. The minimum atomic E-state index is -1.73. The van der Waals surface area contributed by atoms with Gasteiger partial charge >= 0.3 is 11.9 Å². The van der Waals surface area contributed by atoms with E-state index in [1.165, 1.54) is 0 Å². The van der Waals surface area contributed by atoms with Gasteiger partial charge in [-0.2, -0.15) is 0 Å². The Labute approximate surface area is 414 Å². The Hall–Kier alpha value is -6.19. The second kappa shape index (κ2) is 35.0. The lowest BCUT2D eigenvalue weighted by atomic mass is 10.00. The number of carboxylic acid groups (broad SMARTS) is 2. The summed E-state index contributed by atoms with van der Waals surface area (Å²) in [7, 11) is 0. The summed E-state index contributed by atoms with van der Waals surface area (Å²) < 4.78 is 0. The Bertz CT molecular complexity index is 1780. The lowest BCUT2D eigenvalue weighted by Gasteiger charge is -2.28. The predicted octanol–water partition coefficient (Wildman–Crippen LogP) is -4.57. The van der Waals surface area contributed by atoms with Crippen LogP contribution in [0.1, 0.15) is 112 Å². The van der Waals surface area contributed by atoms with Crippen LogP contribution in [-0.4, -0.2) is 162 Å². The van der Waals surface area contributed by atoms with Crippen LogP contribution >= 0.6 is 0 Å². The Morgan fingerprint density at radius 3 is 1.41 bits per heavy atom. The van der Waals surface area contributed by atoms with Crippen LogP contribution in [0.5, 0.6) is 0 Å². The van der Waals surface area contributed by atoms with Gasteiger partial charge in [0.25, 0.3) is 0 Å². The van der Waals surface area contributed by atoms with Crippen molar-refractivity contribution in [2.75, 3.05) is 32.8 Å². The smallest absolute Gasteiger partial charge is 0.326 e. The van der Waals surface area contributed by atoms with E-state index in [0.717, 1.165) is 0 Å². The number of carboxylic acids is 2. The molecule has 71 heavy (non-hydrogen) atoms. The summed E-state index contributed by atoms with van der Waals surface area (Å²) in [6.07, 6.45) is 1.64. The van der Waals surface area contributed by atoms with Crippen molar-refractivity contribution in [1.82, 2.24) is 42.5 Å². The lowest BCUT2D eigenvalue weighted by molar-refractivity contribution is -0.143. The van der Waals surface area contributed by atoms with Gasteiger partial charge in [0.05, 0.1) is 25.6 Å². The number of unbranched alkanes of at least 4 members (excludes halogenated alkanes) is 2. The number of amides is 8. The number of aliphatic hydroxyl groups excluding tert-OH is 1. The lowest BCUT2D eigenvalue weighted by Crippen LogP contribution is -2.60. The molecule has 0 saturated heterocycles. The van der Waals surface area contributed by atoms with E-state index in [0.29, 0.717) is 45.2 Å². The number of guanidine groups is 1. The molecule has 0 rings (SSSR count). The van der Waals surface area contributed by atoms with Crippen LogP contribution in [0.2, 0.25) is 0 Å². The molecule has 0 saturated carbocycles. The average Bonchev–Trinajstić information content (AvgIpc) is 3.27. The molecule has 0 aliphatic carbocycles. The number of carbonyl (C=O) groups is 10. The van der Waals surface area contributed by atoms with Crippen LogP contribution in [0.3, 0.4) is 0 Å². The van der Waals surface area contributed by atoms with Crippen LogP contribution in [0.4, 0.5) is 0 Å². The number of rotatable bonds is 37. The number of aliphatic imine (C=N–C) groups is 1. The molecular formula is C44H82N14O13. The third-order valence-corrected chi connectivity index (χ3v) is 10.6. The van der Waals surface area contributed by atoms with Crippen molar-refractivity contribution in [2.24, 2.45) is 51.4 Å². The van der Waals surface area contributed by atoms with Crippen LogP contribution in [0.25, 0.3) is 0 Å². The molecule has 27 heteroatoms. The molecule has 27 nitrogen and oxygen atoms in total. The molecule has 0 bridgehead atoms. The molecule has 0 aliphatic heterocycles. The molecule has 406 valence electrons. The zero-order valence-corrected chi connectivity index (χ0v) is 41.9. The number of aliphatic carboxylic acids is 2. The zero-order valence-electron chi connectivity index (χ0n) is 41.9. The maximum absolute atomic E-state index is 13.9. The molecule has 0 radical (unpaired) electrons. The highest BCUT2D eigenvalue weighted by atomic mass is 16.4. The molecule has 0 unspecified atom stereocenters. The van der Waals surface area contributed by atoms with E-state index >= 15 is 0 Å². The summed E-state index contributed by atoms with van der Waals surface area (Å²) in [5.41, 5.74) is 28.0. The molecule has 0 fully saturated rings. The van der Waals surface area contributed by atoms with E-state index in [1.54, 1.807) is 41.5 Å². The second-order valence-electron chi connectivity index (χ2n) is 18.4. The fourth-order valence-corrected chi connectivity index (χ4v) is 6.83. The number of hydrogen-bond acceptors (Lipinski definition) is 15. The van der Waals surface area contributed by atoms with Crippen molar-refractivity contribution in [3.05, 3.63) is 0 Å². The number of hydrogen-bond donors (Lipinski definition) is 16. The Balaban J connectivity index is 6.24. The summed E-state index contributed by atoms with van der Waals surface area (Å²) in [6.45, 7) is 9.07. The van der Waals surface area contributed by atoms with E-state index in [9.17, 15) is 63.3 Å². The maximum atomic E-state index is 13.9. The molecule has 8 amide bonds. The van der Waals surface area contributed by atoms with Crippen molar-refractivity contribution in [3.8, 4) is 0 Å². The van der Waals surface area contributed by atoms with Crippen molar-refractivity contribution >= 4 is 65.2 Å². The van der Waals surface area contributed by atoms with Crippen molar-refractivity contribution in [2.45, 2.75) is 161 Å². The monoisotopic (exact) mass is 1010 g/mol. The number of nitrogens with zero attached hydrogens (tertiary/aromatic N) is 1. The molecule has 0 aromatic heterocycles. The predicted molar refractivity (Wildman–Crippen MR) is 261 cm³/mol. The van der Waals surface area contributed by atoms with Crippen molar-refractivity contribution in [1.29, 1.82) is 0 Å². The summed E-state index contributed by atoms with van der Waals surface area (Å²) >= 11 is 0. The highest BCUT2D eigenvalue weighted by molar-refractivity contribution is 5.98. The number of carbonyl (C=O) groups excluding carboxylic acids is 8. The molecule has 0 spiro atoms. The van der Waals surface area contributed by atoms with Gasteiger partial charge in [-0.15, -0.1) is 0 Å². The third-order valence-electron chi connectivity index (χ3n) is 10.6. The van der Waals surface area contributed by atoms with Gasteiger partial charge in [-0.25, -0.2) is 4.79 Å². The van der Waals surface area contributed by atoms with Gasteiger partial charge < -0.3 is 86.5 Å². The molecule has 0 aromatic rings. The number of aliphatic hydroxyl groups is 1. The highest BCUT2D eigenvalue weighted by Gasteiger charge is 2.34. The van der Waals surface area contributed by atoms with E-state index < -0.39 is 133 Å². The van der Waals surface area contributed by atoms with Gasteiger partial charge in [-0.3, -0.25) is 48.1 Å². The Kier molecular flexibility index (Phi) is 31.9. The Morgan fingerprint density at radius 2 is 0.958 bits per heavy atom. The zero-order chi connectivity index (χ0) is 54.4. The first kappa shape index (κ1) is 64.8. The standard InChI is InChI=1S/C44H82N14O13/c1-23(2)18-29(55-36(63)26(47)12-7-9-15-45)41(68)57-31(20-34(61)62)37(64)51-21-33(60)52-32(22-59)42(69)54-28(14-11-17-50-44(48)49)38(65)56-30(19-24(3)4)40(67)53-27(13-8-10-16-46)39(66)58-35(25(5)6)43(70)71/h23-32,35,59H,7-22,45-47H2,1-6H3,(H,51,64)(H,52,60)(H,53,67)(H,54,69)(H,55,63)(H,56,65)(H,57,68)(H,58,66)(H,61,62)(H,70,71)(H4,48,49,50)/t26-,27-,28-,29-,30-,31-,32-,35-/m0/s1. The summed E-state index contributed by atoms with van der Waals surface area (Å²) in [4.78, 5) is 135. The SMILES string of the molecule is CC(C)C[C@H](NC(=O)[C@H](CCCN=C(N)N)NC(=O)[C@H](CO)NC(=O)CNC(=O)[C@H](CC(=O)O)NC(=O)[C@H](CC(C)C)NC(=O)[C@@H](N)CCCCN)C(=O)N[C@@H](CCCCN)C(=O)N[C@H](C(=O)O)C(C)C. The summed E-state index contributed by atoms with van der Waals surface area (Å²) in [5, 5.41) is 48.7. The minimum Gasteiger partial charge on any atom is -0.481 e. The molecule has 0 aliphatic rings. The van der Waals surface area contributed by atoms with E-state index in [-0.39, 0.29) is 56.4 Å². The van der Waals surface area contributed by atoms with Gasteiger partial charge in [0.15, 0.2) is 5.96 Å². The first-order valence-electron chi connectivity index (χ1n) is 23.9. The van der Waals surface area contributed by atoms with Gasteiger partial charge in [0, 0.05) is 6.54 Å². The van der Waals surface area contributed by atoms with Gasteiger partial charge in [0.1, 0.15) is 42.3 Å². The summed E-state index contributed by atoms with van der Waals surface area (Å²) in [5.74, 6) is -11.1. The van der Waals surface area contributed by atoms with Crippen LogP contribution < -0.4 is 71.2 Å². The number of nitrogens with two attached hydrogens (primary N) is 5. The fraction of sp³-hybridized carbons (Fsp3) is 0.750. The van der Waals surface area contributed by atoms with Gasteiger partial charge in [-0.05, 0) is 88.6 Å². The first-order valence-corrected chi connectivity index (χ1v) is 23.9. The van der Waals surface area contributed by atoms with E-state index in [1.807, 2.05) is 0 Å². The van der Waals surface area contributed by atoms with E-state index in [4.69, 9.17) is 28.7 Å². The van der Waals surface area contributed by atoms with Gasteiger partial charge in [-0.1, -0.05) is 48.0 Å². The highest BCUT2D eigenvalue weighted by Crippen LogP contribution is 2.12.